The summed E-state index contributed by atoms with van der Waals surface area (Å²) < 4.78 is -1.09. The highest BCUT2D eigenvalue weighted by Gasteiger charge is 2.64. The highest BCUT2D eigenvalue weighted by Crippen LogP contribution is 2.51. The molecule has 2 rings (SSSR count). The third-order valence-electron chi connectivity index (χ3n) is 3.19. The van der Waals surface area contributed by atoms with Crippen LogP contribution in [-0.4, -0.2) is 62.9 Å². The zero-order valence-corrected chi connectivity index (χ0v) is 10.7. The number of hydrogen-bond acceptors (Lipinski definition) is 4. The third-order valence-corrected chi connectivity index (χ3v) is 4.75. The van der Waals surface area contributed by atoms with Gasteiger partial charge in [-0.1, -0.05) is 0 Å². The van der Waals surface area contributed by atoms with Crippen molar-refractivity contribution in [2.24, 2.45) is 0 Å². The number of amides is 2. The molecule has 0 radical (unpaired) electrons. The van der Waals surface area contributed by atoms with E-state index in [1.165, 1.54) is 21.6 Å². The van der Waals surface area contributed by atoms with Crippen molar-refractivity contribution in [3.8, 4) is 0 Å². The van der Waals surface area contributed by atoms with Crippen LogP contribution in [0.4, 0.5) is 0 Å². The van der Waals surface area contributed by atoms with Gasteiger partial charge in [0.05, 0.1) is 11.8 Å². The van der Waals surface area contributed by atoms with Gasteiger partial charge >= 0.3 is 5.97 Å². The minimum absolute atomic E-state index is 0.169. The molecule has 0 bridgehead atoms. The van der Waals surface area contributed by atoms with Crippen LogP contribution in [0.2, 0.25) is 0 Å². The number of carboxylic acids is 1. The first-order valence-electron chi connectivity index (χ1n) is 5.22. The van der Waals surface area contributed by atoms with Crippen LogP contribution in [0.3, 0.4) is 0 Å². The number of fused-ring (bicyclic) bond motifs is 1. The molecule has 0 aromatic carbocycles. The van der Waals surface area contributed by atoms with Gasteiger partial charge in [-0.15, -0.1) is 11.8 Å². The summed E-state index contributed by atoms with van der Waals surface area (Å²) in [5.74, 6) is -1.58. The summed E-state index contributed by atoms with van der Waals surface area (Å²) in [7, 11) is 3.18. The van der Waals surface area contributed by atoms with Gasteiger partial charge in [-0.3, -0.25) is 9.59 Å². The molecule has 0 unspecified atom stereocenters. The van der Waals surface area contributed by atoms with Crippen LogP contribution in [0.15, 0.2) is 0 Å². The average Bonchev–Trinajstić information content (AvgIpc) is 2.46. The molecule has 3 atom stereocenters. The fourth-order valence-electron chi connectivity index (χ4n) is 2.39. The normalized spacial score (nSPS) is 35.2. The molecule has 0 aromatic heterocycles. The fourth-order valence-corrected chi connectivity index (χ4v) is 4.16. The van der Waals surface area contributed by atoms with Crippen molar-refractivity contribution in [2.75, 3.05) is 14.1 Å². The van der Waals surface area contributed by atoms with E-state index < -0.39 is 16.8 Å². The minimum atomic E-state index is -1.12. The van der Waals surface area contributed by atoms with Gasteiger partial charge in [0.25, 0.3) is 0 Å². The Morgan fingerprint density at radius 2 is 2.12 bits per heavy atom. The maximum atomic E-state index is 12.1. The number of nitrogens with zero attached hydrogens (tertiary/aromatic N) is 2. The van der Waals surface area contributed by atoms with E-state index in [9.17, 15) is 19.5 Å². The van der Waals surface area contributed by atoms with Crippen molar-refractivity contribution in [2.45, 2.75) is 29.5 Å². The van der Waals surface area contributed by atoms with Crippen molar-refractivity contribution in [3.05, 3.63) is 0 Å². The summed E-state index contributed by atoms with van der Waals surface area (Å²) in [4.78, 5) is 37.5. The Kier molecular flexibility index (Phi) is 2.61. The highest BCUT2D eigenvalue weighted by molar-refractivity contribution is 8.02. The lowest BCUT2D eigenvalue weighted by Crippen LogP contribution is -2.60. The molecule has 0 spiro atoms. The van der Waals surface area contributed by atoms with Crippen LogP contribution >= 0.6 is 11.8 Å². The number of rotatable bonds is 2. The van der Waals surface area contributed by atoms with Crippen molar-refractivity contribution in [1.82, 2.24) is 9.80 Å². The molecule has 2 saturated heterocycles. The number of carboxylic acid groups (broad SMARTS) is 1. The topological polar surface area (TPSA) is 77.9 Å². The van der Waals surface area contributed by atoms with Gasteiger partial charge < -0.3 is 14.9 Å². The van der Waals surface area contributed by atoms with Crippen molar-refractivity contribution >= 4 is 29.5 Å². The molecule has 0 aromatic rings. The number of carbonyl (C=O) groups excluding carboxylic acids is 2. The standard InChI is InChI=1S/C10H14N2O4S/c1-10(9(16)11(2)3)7(8(14)15)12-5(13)4-6(12)17-10/h6-7H,4H2,1-3H3,(H,14,15)/t6-,7+,10-/m1/s1. The van der Waals surface area contributed by atoms with Crippen molar-refractivity contribution < 1.29 is 19.5 Å². The molecule has 1 N–H and O–H groups in total. The number of aliphatic carboxylic acids is 1. The van der Waals surface area contributed by atoms with E-state index >= 15 is 0 Å². The van der Waals surface area contributed by atoms with Gasteiger partial charge in [-0.05, 0) is 6.92 Å². The molecule has 2 amide bonds. The van der Waals surface area contributed by atoms with E-state index in [0.717, 1.165) is 0 Å². The zero-order valence-electron chi connectivity index (χ0n) is 9.84. The minimum Gasteiger partial charge on any atom is -0.480 e. The molecule has 94 valence electrons. The summed E-state index contributed by atoms with van der Waals surface area (Å²) in [5, 5.41) is 9.07. The zero-order chi connectivity index (χ0) is 13.0. The summed E-state index contributed by atoms with van der Waals surface area (Å²) in [5.41, 5.74) is 0. The Morgan fingerprint density at radius 1 is 1.53 bits per heavy atom. The molecule has 0 saturated carbocycles. The number of β-lactam (4-membered cyclic amide) rings is 1. The van der Waals surface area contributed by atoms with E-state index in [-0.39, 0.29) is 17.2 Å². The Morgan fingerprint density at radius 3 is 2.53 bits per heavy atom. The fraction of sp³-hybridized carbons (Fsp3) is 0.700. The molecule has 0 aliphatic carbocycles. The van der Waals surface area contributed by atoms with Crippen molar-refractivity contribution in [1.29, 1.82) is 0 Å². The maximum Gasteiger partial charge on any atom is 0.328 e. The van der Waals surface area contributed by atoms with Gasteiger partial charge in [0.1, 0.15) is 4.75 Å². The van der Waals surface area contributed by atoms with Crippen molar-refractivity contribution in [3.63, 3.8) is 0 Å². The van der Waals surface area contributed by atoms with Crippen LogP contribution in [0, 0.1) is 0 Å². The quantitative estimate of drug-likeness (QED) is 0.681. The van der Waals surface area contributed by atoms with E-state index in [1.807, 2.05) is 0 Å². The average molecular weight is 258 g/mol. The first-order valence-corrected chi connectivity index (χ1v) is 6.10. The van der Waals surface area contributed by atoms with Gasteiger partial charge in [0.2, 0.25) is 11.8 Å². The molecular formula is C10H14N2O4S. The van der Waals surface area contributed by atoms with Gasteiger partial charge in [-0.25, -0.2) is 4.79 Å². The van der Waals surface area contributed by atoms with E-state index in [4.69, 9.17) is 0 Å². The Balaban J connectivity index is 2.37. The second-order valence-corrected chi connectivity index (χ2v) is 6.25. The van der Waals surface area contributed by atoms with Crippen LogP contribution in [0.25, 0.3) is 0 Å². The molecule has 17 heavy (non-hydrogen) atoms. The summed E-state index contributed by atoms with van der Waals surface area (Å²) in [6, 6.07) is -1.06. The van der Waals surface area contributed by atoms with Gasteiger partial charge in [0.15, 0.2) is 6.04 Å². The summed E-state index contributed by atoms with van der Waals surface area (Å²) in [6.45, 7) is 1.60. The number of thioether (sulfide) groups is 1. The highest BCUT2D eigenvalue weighted by atomic mass is 32.2. The van der Waals surface area contributed by atoms with E-state index in [0.29, 0.717) is 6.42 Å². The lowest BCUT2D eigenvalue weighted by atomic mass is 9.95. The Bertz CT molecular complexity index is 411. The number of carbonyl (C=O) groups is 3. The second-order valence-electron chi connectivity index (χ2n) is 4.63. The van der Waals surface area contributed by atoms with Crippen LogP contribution < -0.4 is 0 Å². The molecule has 6 nitrogen and oxygen atoms in total. The van der Waals surface area contributed by atoms with Gasteiger partial charge in [-0.2, -0.15) is 0 Å². The lowest BCUT2D eigenvalue weighted by molar-refractivity contribution is -0.159. The molecular weight excluding hydrogens is 244 g/mol. The third kappa shape index (κ3) is 1.52. The largest absolute Gasteiger partial charge is 0.480 e. The maximum absolute atomic E-state index is 12.1. The van der Waals surface area contributed by atoms with Crippen LogP contribution in [-0.2, 0) is 14.4 Å². The molecule has 2 aliphatic heterocycles. The predicted molar refractivity (Wildman–Crippen MR) is 61.4 cm³/mol. The van der Waals surface area contributed by atoms with Crippen LogP contribution in [0.5, 0.6) is 0 Å². The summed E-state index contributed by atoms with van der Waals surface area (Å²) in [6.07, 6.45) is 0.324. The first-order chi connectivity index (χ1) is 7.79. The van der Waals surface area contributed by atoms with E-state index in [2.05, 4.69) is 0 Å². The SMILES string of the molecule is CN(C)C(=O)[C@]1(C)S[C@@H]2CC(=O)N2[C@H]1C(=O)O. The molecule has 2 heterocycles. The van der Waals surface area contributed by atoms with Gasteiger partial charge in [0, 0.05) is 14.1 Å². The predicted octanol–water partition coefficient (Wildman–Crippen LogP) is -0.408. The lowest BCUT2D eigenvalue weighted by Gasteiger charge is -2.36. The first kappa shape index (κ1) is 12.2. The molecule has 2 aliphatic rings. The molecule has 2 fully saturated rings. The summed E-state index contributed by atoms with van der Waals surface area (Å²) >= 11 is 1.27. The Hall–Kier alpha value is -1.24. The second kappa shape index (κ2) is 3.63. The number of hydrogen-bond donors (Lipinski definition) is 1. The smallest absolute Gasteiger partial charge is 0.328 e. The Labute approximate surface area is 103 Å². The monoisotopic (exact) mass is 258 g/mol. The van der Waals surface area contributed by atoms with E-state index in [1.54, 1.807) is 21.0 Å². The molecule has 7 heteroatoms. The van der Waals surface area contributed by atoms with Crippen LogP contribution in [0.1, 0.15) is 13.3 Å².